The van der Waals surface area contributed by atoms with Crippen molar-refractivity contribution in [2.75, 3.05) is 0 Å². The molecule has 10 heteroatoms. The van der Waals surface area contributed by atoms with Crippen LogP contribution in [0.5, 0.6) is 0 Å². The highest BCUT2D eigenvalue weighted by molar-refractivity contribution is 7.27. The zero-order chi connectivity index (χ0) is 66.9. The summed E-state index contributed by atoms with van der Waals surface area (Å²) in [6.07, 6.45) is 0. The summed E-state index contributed by atoms with van der Waals surface area (Å²) in [6, 6.07) is 116. The number of furan rings is 1. The van der Waals surface area contributed by atoms with E-state index in [9.17, 15) is 0 Å². The monoisotopic (exact) mass is 1350 g/mol. The van der Waals surface area contributed by atoms with Gasteiger partial charge in [0.25, 0.3) is 0 Å². The number of hydrogen-bond acceptors (Lipinski definition) is 8. The lowest BCUT2D eigenvalue weighted by Gasteiger charge is -2.12. The second kappa shape index (κ2) is 23.5. The maximum Gasteiger partial charge on any atom is 0.160 e. The number of thiophene rings is 3. The summed E-state index contributed by atoms with van der Waals surface area (Å²) in [5.74, 6) is 1.39. The fraction of sp³-hybridized carbons (Fsp3) is 0. The average Bonchev–Trinajstić information content (AvgIpc) is 1.57. The molecule has 8 aromatic heterocycles. The van der Waals surface area contributed by atoms with Crippen molar-refractivity contribution in [1.82, 2.24) is 29.1 Å². The Kier molecular flexibility index (Phi) is 13.4. The molecule has 476 valence electrons. The van der Waals surface area contributed by atoms with Crippen molar-refractivity contribution in [3.8, 4) is 79.2 Å². The Bertz CT molecular complexity index is 6730. The van der Waals surface area contributed by atoms with Crippen molar-refractivity contribution < 1.29 is 4.42 Å². The van der Waals surface area contributed by atoms with Gasteiger partial charge in [-0.1, -0.05) is 237 Å². The third-order valence-corrected chi connectivity index (χ3v) is 23.7. The van der Waals surface area contributed by atoms with Gasteiger partial charge in [0.1, 0.15) is 11.2 Å². The number of benzene rings is 14. The SMILES string of the molecule is c1ccc(-c2nc(-c3cccc(-n4c5ccccc5c5c6sc7ccccc7c6ccc54)c3)cc(-c3cccc4c3oc3ccccc34)n2)cc1.c1ccc(-c2nc(-c3cccc(-n4c5ccccc5c5c6sc7ccccc7c6ccc54)c3)cc(-c3cccc4c3sc3ccccc34)n2)cc1. The second-order valence-corrected chi connectivity index (χ2v) is 29.0. The molecule has 0 spiro atoms. The van der Waals surface area contributed by atoms with Crippen LogP contribution in [-0.4, -0.2) is 29.1 Å². The van der Waals surface area contributed by atoms with Crippen LogP contribution in [0, 0.1) is 0 Å². The molecule has 0 radical (unpaired) electrons. The number of para-hydroxylation sites is 4. The number of aromatic nitrogens is 6. The molecule has 0 aliphatic heterocycles. The summed E-state index contributed by atoms with van der Waals surface area (Å²) < 4.78 is 19.1. The van der Waals surface area contributed by atoms with Gasteiger partial charge in [0, 0.05) is 138 Å². The van der Waals surface area contributed by atoms with E-state index in [0.29, 0.717) is 5.82 Å². The second-order valence-electron chi connectivity index (χ2n) is 25.9. The van der Waals surface area contributed by atoms with Crippen molar-refractivity contribution in [2.45, 2.75) is 0 Å². The zero-order valence-corrected chi connectivity index (χ0v) is 56.9. The standard InChI is InChI=1S/C46H27N3OS.C46H27N3S2/c2*1-2-12-28(13-3-1)46-47-37(27-38(48-46)35-20-11-19-33-31-16-5-8-22-41(31)50-44(33)35)29-14-10-15-30(26-29)49-39-21-7-4-18-36(39)43-40(49)25-24-34-32-17-6-9-23-42(32)51-45(34)43/h2*1-27H. The van der Waals surface area contributed by atoms with E-state index in [1.807, 2.05) is 82.5 Å². The van der Waals surface area contributed by atoms with Crippen LogP contribution in [0.25, 0.3) is 205 Å². The molecule has 0 unspecified atom stereocenters. The van der Waals surface area contributed by atoms with Gasteiger partial charge < -0.3 is 13.6 Å². The van der Waals surface area contributed by atoms with E-state index < -0.39 is 0 Å². The van der Waals surface area contributed by atoms with Crippen LogP contribution in [0.15, 0.2) is 332 Å². The molecule has 0 fully saturated rings. The van der Waals surface area contributed by atoms with Crippen molar-refractivity contribution in [2.24, 2.45) is 0 Å². The predicted octanol–water partition coefficient (Wildman–Crippen LogP) is 26.2. The van der Waals surface area contributed by atoms with Crippen LogP contribution in [0.1, 0.15) is 0 Å². The van der Waals surface area contributed by atoms with Gasteiger partial charge in [-0.05, 0) is 91.0 Å². The highest BCUT2D eigenvalue weighted by Crippen LogP contribution is 2.47. The van der Waals surface area contributed by atoms with Crippen LogP contribution in [0.3, 0.4) is 0 Å². The van der Waals surface area contributed by atoms with E-state index in [1.165, 1.54) is 104 Å². The van der Waals surface area contributed by atoms with E-state index in [1.54, 1.807) is 0 Å². The van der Waals surface area contributed by atoms with Crippen LogP contribution >= 0.6 is 34.0 Å². The first-order valence-corrected chi connectivity index (χ1v) is 36.6. The largest absolute Gasteiger partial charge is 0.455 e. The van der Waals surface area contributed by atoms with Crippen molar-refractivity contribution in [1.29, 1.82) is 0 Å². The molecule has 102 heavy (non-hydrogen) atoms. The Morgan fingerprint density at radius 3 is 1.16 bits per heavy atom. The third-order valence-electron chi connectivity index (χ3n) is 20.0. The molecule has 0 saturated carbocycles. The normalized spacial score (nSPS) is 11.9. The van der Waals surface area contributed by atoms with Gasteiger partial charge >= 0.3 is 0 Å². The third kappa shape index (κ3) is 9.38. The lowest BCUT2D eigenvalue weighted by Crippen LogP contribution is -1.98. The minimum Gasteiger partial charge on any atom is -0.455 e. The lowest BCUT2D eigenvalue weighted by atomic mass is 10.0. The van der Waals surface area contributed by atoms with Crippen LogP contribution in [0.2, 0.25) is 0 Å². The summed E-state index contributed by atoms with van der Waals surface area (Å²) >= 11 is 5.59. The van der Waals surface area contributed by atoms with Crippen molar-refractivity contribution in [3.63, 3.8) is 0 Å². The summed E-state index contributed by atoms with van der Waals surface area (Å²) in [6.45, 7) is 0. The topological polar surface area (TPSA) is 74.6 Å². The number of fused-ring (bicyclic) bond motifs is 20. The molecule has 0 bridgehead atoms. The highest BCUT2D eigenvalue weighted by Gasteiger charge is 2.23. The zero-order valence-electron chi connectivity index (χ0n) is 54.5. The molecule has 0 aliphatic rings. The quantitative estimate of drug-likeness (QED) is 0.152. The number of rotatable bonds is 8. The Labute approximate surface area is 596 Å². The van der Waals surface area contributed by atoms with Gasteiger partial charge in [0.05, 0.1) is 44.8 Å². The summed E-state index contributed by atoms with van der Waals surface area (Å²) in [5.41, 5.74) is 18.2. The predicted molar refractivity (Wildman–Crippen MR) is 431 cm³/mol. The maximum absolute atomic E-state index is 6.47. The van der Waals surface area contributed by atoms with Gasteiger partial charge in [-0.2, -0.15) is 0 Å². The molecule has 0 atom stereocenters. The molecular formula is C92H54N6OS3. The maximum atomic E-state index is 6.47. The van der Waals surface area contributed by atoms with E-state index in [4.69, 9.17) is 24.4 Å². The van der Waals surface area contributed by atoms with Gasteiger partial charge in [-0.3, -0.25) is 0 Å². The van der Waals surface area contributed by atoms with E-state index in [0.717, 1.165) is 95.3 Å². The summed E-state index contributed by atoms with van der Waals surface area (Å²) in [7, 11) is 0. The summed E-state index contributed by atoms with van der Waals surface area (Å²) in [4.78, 5) is 20.8. The van der Waals surface area contributed by atoms with Crippen LogP contribution < -0.4 is 0 Å². The number of hydrogen-bond donors (Lipinski definition) is 0. The van der Waals surface area contributed by atoms with Gasteiger partial charge in [0.2, 0.25) is 0 Å². The van der Waals surface area contributed by atoms with Crippen LogP contribution in [-0.2, 0) is 0 Å². The first kappa shape index (κ1) is 58.3. The Hall–Kier alpha value is -12.7. The van der Waals surface area contributed by atoms with Crippen molar-refractivity contribution >= 4 is 160 Å². The lowest BCUT2D eigenvalue weighted by molar-refractivity contribution is 0.670. The fourth-order valence-corrected chi connectivity index (χ4v) is 19.2. The Morgan fingerprint density at radius 1 is 0.245 bits per heavy atom. The van der Waals surface area contributed by atoms with E-state index in [2.05, 4.69) is 288 Å². The molecule has 22 rings (SSSR count). The molecule has 0 saturated heterocycles. The molecule has 0 aliphatic carbocycles. The fourth-order valence-electron chi connectivity index (χ4n) is 15.4. The smallest absolute Gasteiger partial charge is 0.160 e. The van der Waals surface area contributed by atoms with Gasteiger partial charge in [0.15, 0.2) is 11.6 Å². The molecule has 22 aromatic rings. The number of nitrogens with zero attached hydrogens (tertiary/aromatic N) is 6. The summed E-state index contributed by atoms with van der Waals surface area (Å²) in [5, 5.41) is 15.1. The van der Waals surface area contributed by atoms with Crippen molar-refractivity contribution in [3.05, 3.63) is 328 Å². The van der Waals surface area contributed by atoms with Crippen LogP contribution in [0.4, 0.5) is 0 Å². The first-order chi connectivity index (χ1) is 50.6. The molecular weight excluding hydrogens is 1300 g/mol. The molecule has 8 heterocycles. The molecule has 0 N–H and O–H groups in total. The molecule has 14 aromatic carbocycles. The Morgan fingerprint density at radius 2 is 0.627 bits per heavy atom. The minimum atomic E-state index is 0.672. The van der Waals surface area contributed by atoms with Gasteiger partial charge in [-0.25, -0.2) is 19.9 Å². The molecule has 7 nitrogen and oxygen atoms in total. The van der Waals surface area contributed by atoms with E-state index in [-0.39, 0.29) is 0 Å². The van der Waals surface area contributed by atoms with Gasteiger partial charge in [-0.15, -0.1) is 34.0 Å². The minimum absolute atomic E-state index is 0.672. The molecule has 0 amide bonds. The van der Waals surface area contributed by atoms with E-state index >= 15 is 0 Å². The average molecular weight is 1360 g/mol. The first-order valence-electron chi connectivity index (χ1n) is 34.2. The Balaban J connectivity index is 0.000000133. The highest BCUT2D eigenvalue weighted by atomic mass is 32.1.